The standard InChI is InChI=1S/C6H14BNO4/c7-6(2-9)5(11)4(8)3(10)1-12-6/h3-5,9-11H,1-2,7-8H2/t3?,4-,5-,6?/m0/s1. The average Bonchev–Trinajstić information content (AvgIpc) is 2.09. The molecule has 1 heterocycles. The van der Waals surface area contributed by atoms with Crippen LogP contribution in [0.3, 0.4) is 0 Å². The second-order valence-corrected chi connectivity index (χ2v) is 3.37. The highest BCUT2D eigenvalue weighted by Gasteiger charge is 2.44. The molecule has 1 rings (SSSR count). The van der Waals surface area contributed by atoms with E-state index in [2.05, 4.69) is 0 Å². The molecule has 0 amide bonds. The van der Waals surface area contributed by atoms with Gasteiger partial charge < -0.3 is 25.8 Å². The van der Waals surface area contributed by atoms with Gasteiger partial charge in [-0.2, -0.15) is 0 Å². The molecule has 0 bridgehead atoms. The summed E-state index contributed by atoms with van der Waals surface area (Å²) in [4.78, 5) is 0. The summed E-state index contributed by atoms with van der Waals surface area (Å²) < 4.78 is 5.08. The smallest absolute Gasteiger partial charge is 0.149 e. The Morgan fingerprint density at radius 2 is 2.17 bits per heavy atom. The topological polar surface area (TPSA) is 95.9 Å². The molecule has 4 atom stereocenters. The third kappa shape index (κ3) is 1.48. The predicted molar refractivity (Wildman–Crippen MR) is 44.3 cm³/mol. The zero-order chi connectivity index (χ0) is 9.35. The first kappa shape index (κ1) is 9.95. The van der Waals surface area contributed by atoms with Gasteiger partial charge in [-0.25, -0.2) is 0 Å². The molecule has 0 aromatic carbocycles. The first-order valence-electron chi connectivity index (χ1n) is 3.88. The quantitative estimate of drug-likeness (QED) is 0.308. The summed E-state index contributed by atoms with van der Waals surface area (Å²) in [6.45, 7) is -0.260. The third-order valence-corrected chi connectivity index (χ3v) is 2.33. The highest BCUT2D eigenvalue weighted by Crippen LogP contribution is 2.21. The summed E-state index contributed by atoms with van der Waals surface area (Å²) in [5, 5.41) is 27.6. The maximum atomic E-state index is 9.50. The zero-order valence-electron chi connectivity index (χ0n) is 6.97. The molecule has 1 aliphatic rings. The lowest BCUT2D eigenvalue weighted by molar-refractivity contribution is -0.170. The van der Waals surface area contributed by atoms with Crippen LogP contribution in [0.1, 0.15) is 0 Å². The molecule has 12 heavy (non-hydrogen) atoms. The van der Waals surface area contributed by atoms with Gasteiger partial charge >= 0.3 is 0 Å². The lowest BCUT2D eigenvalue weighted by atomic mass is 9.72. The molecule has 1 aliphatic heterocycles. The number of hydrogen-bond acceptors (Lipinski definition) is 5. The second kappa shape index (κ2) is 3.31. The molecule has 0 saturated carbocycles. The van der Waals surface area contributed by atoms with Gasteiger partial charge in [0.1, 0.15) is 7.85 Å². The Hall–Kier alpha value is -0.135. The highest BCUT2D eigenvalue weighted by molar-refractivity contribution is 6.15. The summed E-state index contributed by atoms with van der Waals surface area (Å²) in [5.74, 6) is 0. The zero-order valence-corrected chi connectivity index (χ0v) is 6.97. The molecule has 5 nitrogen and oxygen atoms in total. The highest BCUT2D eigenvalue weighted by atomic mass is 16.5. The Balaban J connectivity index is 2.71. The summed E-state index contributed by atoms with van der Waals surface area (Å²) in [6.07, 6.45) is -1.90. The van der Waals surface area contributed by atoms with Crippen molar-refractivity contribution in [2.75, 3.05) is 13.2 Å². The Labute approximate surface area is 71.5 Å². The fourth-order valence-electron chi connectivity index (χ4n) is 1.23. The SMILES string of the molecule is BC1(CO)OCC(O)[C@H](N)[C@@H]1O. The molecule has 0 spiro atoms. The number of nitrogens with two attached hydrogens (primary N) is 1. The van der Waals surface area contributed by atoms with Gasteiger partial charge in [0, 0.05) is 0 Å². The first-order valence-corrected chi connectivity index (χ1v) is 3.88. The molecule has 5 N–H and O–H groups in total. The van der Waals surface area contributed by atoms with E-state index in [0.29, 0.717) is 0 Å². The number of rotatable bonds is 1. The van der Waals surface area contributed by atoms with E-state index in [1.807, 2.05) is 0 Å². The van der Waals surface area contributed by atoms with Crippen LogP contribution in [0, 0.1) is 0 Å². The Bertz CT molecular complexity index is 170. The van der Waals surface area contributed by atoms with E-state index in [0.717, 1.165) is 0 Å². The van der Waals surface area contributed by atoms with Crippen LogP contribution in [0.25, 0.3) is 0 Å². The Morgan fingerprint density at radius 1 is 1.58 bits per heavy atom. The number of hydrogen-bond donors (Lipinski definition) is 4. The van der Waals surface area contributed by atoms with E-state index >= 15 is 0 Å². The third-order valence-electron chi connectivity index (χ3n) is 2.33. The summed E-state index contributed by atoms with van der Waals surface area (Å²) in [5.41, 5.74) is 4.44. The van der Waals surface area contributed by atoms with Gasteiger partial charge in [0.25, 0.3) is 0 Å². The maximum absolute atomic E-state index is 9.50. The molecule has 0 aromatic heterocycles. The van der Waals surface area contributed by atoms with Crippen LogP contribution in [0.4, 0.5) is 0 Å². The van der Waals surface area contributed by atoms with Gasteiger partial charge in [-0.05, 0) is 0 Å². The molecule has 1 saturated heterocycles. The number of aliphatic hydroxyl groups excluding tert-OH is 3. The van der Waals surface area contributed by atoms with Crippen LogP contribution in [-0.4, -0.2) is 60.1 Å². The maximum Gasteiger partial charge on any atom is 0.149 e. The Morgan fingerprint density at radius 3 is 2.67 bits per heavy atom. The van der Waals surface area contributed by atoms with Gasteiger partial charge in [0.15, 0.2) is 0 Å². The van der Waals surface area contributed by atoms with Gasteiger partial charge in [-0.1, -0.05) is 0 Å². The van der Waals surface area contributed by atoms with Crippen molar-refractivity contribution in [2.45, 2.75) is 23.8 Å². The summed E-state index contributed by atoms with van der Waals surface area (Å²) >= 11 is 0. The summed E-state index contributed by atoms with van der Waals surface area (Å²) in [7, 11) is 1.56. The van der Waals surface area contributed by atoms with Gasteiger partial charge in [0.2, 0.25) is 0 Å². The van der Waals surface area contributed by atoms with Crippen LogP contribution < -0.4 is 5.73 Å². The van der Waals surface area contributed by atoms with Gasteiger partial charge in [0.05, 0.1) is 37.0 Å². The molecule has 0 aliphatic carbocycles. The van der Waals surface area contributed by atoms with Crippen molar-refractivity contribution in [3.05, 3.63) is 0 Å². The molecule has 6 heteroatoms. The molecule has 1 fully saturated rings. The van der Waals surface area contributed by atoms with Crippen molar-refractivity contribution in [3.8, 4) is 0 Å². The van der Waals surface area contributed by atoms with E-state index in [4.69, 9.17) is 15.6 Å². The van der Waals surface area contributed by atoms with Gasteiger partial charge in [-0.15, -0.1) is 0 Å². The van der Waals surface area contributed by atoms with Crippen molar-refractivity contribution >= 4 is 7.85 Å². The predicted octanol–water partition coefficient (Wildman–Crippen LogP) is -3.61. The van der Waals surface area contributed by atoms with Crippen LogP contribution in [0.2, 0.25) is 0 Å². The van der Waals surface area contributed by atoms with Crippen molar-refractivity contribution in [3.63, 3.8) is 0 Å². The molecule has 0 aromatic rings. The monoisotopic (exact) mass is 175 g/mol. The first-order chi connectivity index (χ1) is 5.51. The average molecular weight is 175 g/mol. The molecular weight excluding hydrogens is 161 g/mol. The van der Waals surface area contributed by atoms with E-state index in [9.17, 15) is 10.2 Å². The molecule has 70 valence electrons. The normalized spacial score (nSPS) is 49.2. The van der Waals surface area contributed by atoms with Crippen LogP contribution in [0.15, 0.2) is 0 Å². The second-order valence-electron chi connectivity index (χ2n) is 3.37. The minimum absolute atomic E-state index is 0.0509. The largest absolute Gasteiger partial charge is 0.394 e. The lowest BCUT2D eigenvalue weighted by Gasteiger charge is -2.43. The van der Waals surface area contributed by atoms with Crippen molar-refractivity contribution in [2.24, 2.45) is 5.73 Å². The van der Waals surface area contributed by atoms with Crippen molar-refractivity contribution < 1.29 is 20.1 Å². The number of aliphatic hydroxyl groups is 3. The fourth-order valence-corrected chi connectivity index (χ4v) is 1.23. The molecule has 2 unspecified atom stereocenters. The van der Waals surface area contributed by atoms with Crippen molar-refractivity contribution in [1.82, 2.24) is 0 Å². The minimum Gasteiger partial charge on any atom is -0.394 e. The Kier molecular flexibility index (Phi) is 2.75. The lowest BCUT2D eigenvalue weighted by Crippen LogP contribution is -2.65. The number of ether oxygens (including phenoxy) is 1. The minimum atomic E-state index is -1.04. The van der Waals surface area contributed by atoms with Crippen LogP contribution >= 0.6 is 0 Å². The van der Waals surface area contributed by atoms with Crippen LogP contribution in [-0.2, 0) is 4.74 Å². The van der Waals surface area contributed by atoms with E-state index in [1.54, 1.807) is 7.85 Å². The van der Waals surface area contributed by atoms with Crippen LogP contribution in [0.5, 0.6) is 0 Å². The van der Waals surface area contributed by atoms with Gasteiger partial charge in [-0.3, -0.25) is 0 Å². The van der Waals surface area contributed by atoms with E-state index in [-0.39, 0.29) is 13.2 Å². The van der Waals surface area contributed by atoms with E-state index in [1.165, 1.54) is 0 Å². The van der Waals surface area contributed by atoms with Crippen molar-refractivity contribution in [1.29, 1.82) is 0 Å². The summed E-state index contributed by atoms with van der Waals surface area (Å²) in [6, 6.07) is -0.754. The van der Waals surface area contributed by atoms with E-state index < -0.39 is 23.8 Å². The molecule has 0 radical (unpaired) electrons. The fraction of sp³-hybridized carbons (Fsp3) is 1.00. The molecular formula is C6H14BNO4.